The minimum Gasteiger partial charge on any atom is -0.0654 e. The molecule has 216 valence electrons. The number of hydrogen-bond donors (Lipinski definition) is 0. The molecule has 0 fully saturated rings. The van der Waals surface area contributed by atoms with Crippen molar-refractivity contribution in [1.29, 1.82) is 0 Å². The molecule has 0 spiro atoms. The van der Waals surface area contributed by atoms with E-state index in [2.05, 4.69) is 41.5 Å². The number of benzene rings is 1. The van der Waals surface area contributed by atoms with Gasteiger partial charge in [0, 0.05) is 0 Å². The Morgan fingerprint density at radius 2 is 0.486 bits per heavy atom. The highest BCUT2D eigenvalue weighted by atomic mass is 14.3. The molecule has 0 radical (unpaired) electrons. The van der Waals surface area contributed by atoms with Crippen molar-refractivity contribution >= 4 is 0 Å². The molecule has 0 amide bonds. The third kappa shape index (κ3) is 13.7. The molecule has 0 N–H and O–H groups in total. The fourth-order valence-corrected chi connectivity index (χ4v) is 6.41. The highest BCUT2D eigenvalue weighted by Gasteiger charge is 2.21. The molecule has 0 aromatic heterocycles. The standard InChI is InChI=1S/C37H68/c1-7-12-17-22-27-33-32(6)34(28-23-18-13-8-2)36(30-25-20-15-10-4)37(31-26-21-16-11-5)35(33)29-24-19-14-9-3/h7-31H2,1-6H3. The van der Waals surface area contributed by atoms with Gasteiger partial charge >= 0.3 is 0 Å². The molecule has 0 saturated carbocycles. The first kappa shape index (κ1) is 34.2. The largest absolute Gasteiger partial charge is 0.0654 e. The molecule has 0 heterocycles. The second kappa shape index (κ2) is 23.1. The van der Waals surface area contributed by atoms with Gasteiger partial charge in [0.05, 0.1) is 0 Å². The number of hydrogen-bond acceptors (Lipinski definition) is 0. The average molecular weight is 513 g/mol. The van der Waals surface area contributed by atoms with Gasteiger partial charge < -0.3 is 0 Å². The van der Waals surface area contributed by atoms with E-state index in [1.807, 2.05) is 16.7 Å². The molecule has 1 rings (SSSR count). The lowest BCUT2D eigenvalue weighted by atomic mass is 9.78. The van der Waals surface area contributed by atoms with E-state index in [1.54, 1.807) is 16.7 Å². The van der Waals surface area contributed by atoms with Gasteiger partial charge in [-0.1, -0.05) is 131 Å². The van der Waals surface area contributed by atoms with Crippen LogP contribution in [0.4, 0.5) is 0 Å². The Kier molecular flexibility index (Phi) is 21.4. The molecule has 0 saturated heterocycles. The van der Waals surface area contributed by atoms with Gasteiger partial charge in [0.2, 0.25) is 0 Å². The quantitative estimate of drug-likeness (QED) is 0.114. The van der Waals surface area contributed by atoms with Crippen molar-refractivity contribution < 1.29 is 0 Å². The molecule has 1 aromatic rings. The molecular formula is C37H68. The predicted octanol–water partition coefficient (Wildman–Crippen LogP) is 12.6. The first-order chi connectivity index (χ1) is 18.2. The highest BCUT2D eigenvalue weighted by Crippen LogP contribution is 2.35. The van der Waals surface area contributed by atoms with Crippen molar-refractivity contribution in [3.8, 4) is 0 Å². The van der Waals surface area contributed by atoms with Crippen molar-refractivity contribution in [2.24, 2.45) is 0 Å². The van der Waals surface area contributed by atoms with Crippen molar-refractivity contribution in [2.75, 3.05) is 0 Å². The van der Waals surface area contributed by atoms with Crippen LogP contribution in [0.15, 0.2) is 0 Å². The van der Waals surface area contributed by atoms with Gasteiger partial charge in [-0.05, 0) is 105 Å². The minimum absolute atomic E-state index is 1.33. The number of rotatable bonds is 25. The summed E-state index contributed by atoms with van der Waals surface area (Å²) >= 11 is 0. The normalized spacial score (nSPS) is 11.5. The zero-order valence-corrected chi connectivity index (χ0v) is 26.7. The molecule has 0 aliphatic heterocycles. The average Bonchev–Trinajstić information content (AvgIpc) is 2.90. The Morgan fingerprint density at radius 1 is 0.270 bits per heavy atom. The fraction of sp³-hybridized carbons (Fsp3) is 0.838. The van der Waals surface area contributed by atoms with Gasteiger partial charge in [-0.25, -0.2) is 0 Å². The van der Waals surface area contributed by atoms with Crippen molar-refractivity contribution in [2.45, 2.75) is 202 Å². The van der Waals surface area contributed by atoms with E-state index >= 15 is 0 Å². The Hall–Kier alpha value is -0.780. The van der Waals surface area contributed by atoms with Crippen molar-refractivity contribution in [1.82, 2.24) is 0 Å². The van der Waals surface area contributed by atoms with Crippen LogP contribution in [0.2, 0.25) is 0 Å². The van der Waals surface area contributed by atoms with E-state index in [-0.39, 0.29) is 0 Å². The summed E-state index contributed by atoms with van der Waals surface area (Å²) in [5, 5.41) is 0. The van der Waals surface area contributed by atoms with Crippen LogP contribution in [0.1, 0.15) is 196 Å². The Balaban J connectivity index is 3.48. The molecular weight excluding hydrogens is 444 g/mol. The summed E-state index contributed by atoms with van der Waals surface area (Å²) in [6, 6.07) is 0. The minimum atomic E-state index is 1.33. The molecule has 0 unspecified atom stereocenters. The van der Waals surface area contributed by atoms with Crippen LogP contribution >= 0.6 is 0 Å². The van der Waals surface area contributed by atoms with Crippen LogP contribution < -0.4 is 0 Å². The van der Waals surface area contributed by atoms with Crippen molar-refractivity contribution in [3.63, 3.8) is 0 Å². The van der Waals surface area contributed by atoms with E-state index in [9.17, 15) is 0 Å². The Bertz CT molecular complexity index is 618. The van der Waals surface area contributed by atoms with Gasteiger partial charge in [-0.2, -0.15) is 0 Å². The Morgan fingerprint density at radius 3 is 0.730 bits per heavy atom. The molecule has 0 nitrogen and oxygen atoms in total. The second-order valence-corrected chi connectivity index (χ2v) is 12.1. The predicted molar refractivity (Wildman–Crippen MR) is 170 cm³/mol. The molecule has 37 heavy (non-hydrogen) atoms. The van der Waals surface area contributed by atoms with E-state index in [0.717, 1.165) is 0 Å². The second-order valence-electron chi connectivity index (χ2n) is 12.1. The lowest BCUT2D eigenvalue weighted by Gasteiger charge is -2.27. The maximum atomic E-state index is 2.54. The van der Waals surface area contributed by atoms with Gasteiger partial charge in [0.1, 0.15) is 0 Å². The summed E-state index contributed by atoms with van der Waals surface area (Å²) in [5.74, 6) is 0. The monoisotopic (exact) mass is 513 g/mol. The summed E-state index contributed by atoms with van der Waals surface area (Å²) in [7, 11) is 0. The van der Waals surface area contributed by atoms with E-state index in [4.69, 9.17) is 0 Å². The van der Waals surface area contributed by atoms with Crippen LogP contribution in [0.3, 0.4) is 0 Å². The van der Waals surface area contributed by atoms with E-state index < -0.39 is 0 Å². The van der Waals surface area contributed by atoms with Gasteiger partial charge in [-0.3, -0.25) is 0 Å². The smallest absolute Gasteiger partial charge is 0.0273 e. The molecule has 0 aliphatic rings. The van der Waals surface area contributed by atoms with Gasteiger partial charge in [0.25, 0.3) is 0 Å². The summed E-state index contributed by atoms with van der Waals surface area (Å²) < 4.78 is 0. The molecule has 0 atom stereocenters. The topological polar surface area (TPSA) is 0 Å². The van der Waals surface area contributed by atoms with Crippen LogP contribution in [-0.2, 0) is 32.1 Å². The zero-order chi connectivity index (χ0) is 27.1. The summed E-state index contributed by atoms with van der Waals surface area (Å²) in [5.41, 5.74) is 10.9. The third-order valence-electron chi connectivity index (χ3n) is 8.76. The molecule has 0 heteroatoms. The first-order valence-corrected chi connectivity index (χ1v) is 17.3. The van der Waals surface area contributed by atoms with Crippen LogP contribution in [0, 0.1) is 6.92 Å². The summed E-state index contributed by atoms with van der Waals surface area (Å²) in [4.78, 5) is 0. The van der Waals surface area contributed by atoms with Crippen molar-refractivity contribution in [3.05, 3.63) is 33.4 Å². The van der Waals surface area contributed by atoms with Crippen LogP contribution in [-0.4, -0.2) is 0 Å². The van der Waals surface area contributed by atoms with Crippen LogP contribution in [0.25, 0.3) is 0 Å². The molecule has 1 aromatic carbocycles. The van der Waals surface area contributed by atoms with Crippen LogP contribution in [0.5, 0.6) is 0 Å². The number of unbranched alkanes of at least 4 members (excludes halogenated alkanes) is 15. The van der Waals surface area contributed by atoms with E-state index in [0.29, 0.717) is 0 Å². The fourth-order valence-electron chi connectivity index (χ4n) is 6.41. The van der Waals surface area contributed by atoms with E-state index in [1.165, 1.54) is 161 Å². The maximum Gasteiger partial charge on any atom is -0.0273 e. The molecule has 0 aliphatic carbocycles. The lowest BCUT2D eigenvalue weighted by Crippen LogP contribution is -2.13. The highest BCUT2D eigenvalue weighted by molar-refractivity contribution is 5.52. The lowest BCUT2D eigenvalue weighted by molar-refractivity contribution is 0.621. The summed E-state index contributed by atoms with van der Waals surface area (Å²) in [6.07, 6.45) is 34.3. The maximum absolute atomic E-state index is 2.54. The van der Waals surface area contributed by atoms with Gasteiger partial charge in [0.15, 0.2) is 0 Å². The summed E-state index contributed by atoms with van der Waals surface area (Å²) in [6.45, 7) is 14.3. The SMILES string of the molecule is CCCCCCc1c(C)c(CCCCCC)c(CCCCCC)c(CCCCCC)c1CCCCCC. The molecule has 0 bridgehead atoms. The zero-order valence-electron chi connectivity index (χ0n) is 26.7. The first-order valence-electron chi connectivity index (χ1n) is 17.3. The van der Waals surface area contributed by atoms with Gasteiger partial charge in [-0.15, -0.1) is 0 Å². The Labute approximate surface area is 235 Å². The third-order valence-corrected chi connectivity index (χ3v) is 8.76.